The van der Waals surface area contributed by atoms with Crippen LogP contribution in [0.5, 0.6) is 5.75 Å². The Hall–Kier alpha value is -3.82. The van der Waals surface area contributed by atoms with Gasteiger partial charge in [0.25, 0.3) is 5.91 Å². The second-order valence-corrected chi connectivity index (χ2v) is 8.87. The lowest BCUT2D eigenvalue weighted by Gasteiger charge is -2.14. The molecule has 2 aromatic heterocycles. The Morgan fingerprint density at radius 1 is 1.11 bits per heavy atom. The molecule has 174 valence electrons. The highest BCUT2D eigenvalue weighted by Crippen LogP contribution is 2.36. The number of pyridine rings is 1. The van der Waals surface area contributed by atoms with E-state index in [4.69, 9.17) is 21.4 Å². The van der Waals surface area contributed by atoms with Crippen molar-refractivity contribution in [2.75, 3.05) is 7.11 Å². The summed E-state index contributed by atoms with van der Waals surface area (Å²) in [5.74, 6) is 0.608. The van der Waals surface area contributed by atoms with Gasteiger partial charge in [-0.05, 0) is 74.8 Å². The Balaban J connectivity index is 1.24. The van der Waals surface area contributed by atoms with Gasteiger partial charge in [0.05, 0.1) is 17.1 Å². The van der Waals surface area contributed by atoms with E-state index in [0.717, 1.165) is 26.4 Å². The van der Waals surface area contributed by atoms with Gasteiger partial charge in [0.15, 0.2) is 16.3 Å². The van der Waals surface area contributed by atoms with E-state index in [-0.39, 0.29) is 11.0 Å². The van der Waals surface area contributed by atoms with Crippen molar-refractivity contribution >= 4 is 61.2 Å². The first-order chi connectivity index (χ1) is 17.0. The first-order valence-corrected chi connectivity index (χ1v) is 11.9. The van der Waals surface area contributed by atoms with Gasteiger partial charge in [0, 0.05) is 18.3 Å². The Labute approximate surface area is 214 Å². The van der Waals surface area contributed by atoms with E-state index in [1.54, 1.807) is 12.3 Å². The predicted octanol–water partition coefficient (Wildman–Crippen LogP) is 5.62. The summed E-state index contributed by atoms with van der Waals surface area (Å²) < 4.78 is 12.0. The van der Waals surface area contributed by atoms with E-state index in [1.165, 1.54) is 7.11 Å². The maximum absolute atomic E-state index is 13.0. The smallest absolute Gasteiger partial charge is 0.261 e. The molecule has 0 saturated heterocycles. The third-order valence-electron chi connectivity index (χ3n) is 5.44. The number of oxazole rings is 1. The van der Waals surface area contributed by atoms with Crippen LogP contribution in [-0.2, 0) is 6.54 Å². The summed E-state index contributed by atoms with van der Waals surface area (Å²) in [6, 6.07) is 20.9. The molecule has 0 atom stereocenters. The summed E-state index contributed by atoms with van der Waals surface area (Å²) in [4.78, 5) is 21.6. The van der Waals surface area contributed by atoms with Crippen LogP contribution in [0.15, 0.2) is 81.8 Å². The zero-order valence-corrected chi connectivity index (χ0v) is 20.9. The maximum atomic E-state index is 13.0. The van der Waals surface area contributed by atoms with E-state index in [1.807, 2.05) is 60.7 Å². The molecule has 0 aliphatic rings. The summed E-state index contributed by atoms with van der Waals surface area (Å²) in [5.41, 5.74) is 3.43. The number of carbonyl (C=O) groups excluding carboxylic acids is 1. The number of thiocarbonyl (C=S) groups is 1. The standard InChI is InChI=1S/C26H19BrN4O3S/c1-33-22-19(13-17-5-2-3-6-18(17)21(22)27)24(32)31-26(35)29-14-15-8-10-16(11-9-15)25-30-23-20(34-25)7-4-12-28-23/h2-13H,14H2,1H3,(H2,29,31,32,35). The second kappa shape index (κ2) is 9.81. The Kier molecular flexibility index (Phi) is 6.43. The van der Waals surface area contributed by atoms with Crippen molar-refractivity contribution in [3.05, 3.63) is 88.5 Å². The van der Waals surface area contributed by atoms with Crippen LogP contribution in [0, 0.1) is 0 Å². The van der Waals surface area contributed by atoms with Crippen LogP contribution in [0.1, 0.15) is 15.9 Å². The van der Waals surface area contributed by atoms with Crippen molar-refractivity contribution in [2.45, 2.75) is 6.54 Å². The first-order valence-electron chi connectivity index (χ1n) is 10.7. The van der Waals surface area contributed by atoms with Crippen molar-refractivity contribution in [1.82, 2.24) is 20.6 Å². The molecular formula is C26H19BrN4O3S. The normalized spacial score (nSPS) is 10.9. The van der Waals surface area contributed by atoms with Gasteiger partial charge in [-0.3, -0.25) is 10.1 Å². The number of amides is 1. The number of nitrogens with zero attached hydrogens (tertiary/aromatic N) is 2. The number of hydrogen-bond donors (Lipinski definition) is 2. The number of fused-ring (bicyclic) bond motifs is 2. The molecule has 5 rings (SSSR count). The Morgan fingerprint density at radius 3 is 2.69 bits per heavy atom. The number of aromatic nitrogens is 2. The minimum atomic E-state index is -0.356. The molecule has 3 aromatic carbocycles. The van der Waals surface area contributed by atoms with Gasteiger partial charge in [-0.1, -0.05) is 36.4 Å². The molecule has 0 bridgehead atoms. The van der Waals surface area contributed by atoms with Gasteiger partial charge in [0.1, 0.15) is 5.75 Å². The van der Waals surface area contributed by atoms with Gasteiger partial charge in [-0.25, -0.2) is 4.98 Å². The van der Waals surface area contributed by atoms with E-state index in [2.05, 4.69) is 36.5 Å². The summed E-state index contributed by atoms with van der Waals surface area (Å²) in [6.07, 6.45) is 1.68. The molecule has 5 aromatic rings. The van der Waals surface area contributed by atoms with Crippen molar-refractivity contribution in [3.63, 3.8) is 0 Å². The van der Waals surface area contributed by atoms with Crippen molar-refractivity contribution in [1.29, 1.82) is 0 Å². The minimum Gasteiger partial charge on any atom is -0.495 e. The first kappa shape index (κ1) is 22.9. The number of rotatable bonds is 5. The highest BCUT2D eigenvalue weighted by molar-refractivity contribution is 9.10. The van der Waals surface area contributed by atoms with E-state index in [9.17, 15) is 4.79 Å². The Morgan fingerprint density at radius 2 is 1.91 bits per heavy atom. The van der Waals surface area contributed by atoms with Crippen LogP contribution in [0.25, 0.3) is 33.5 Å². The highest BCUT2D eigenvalue weighted by Gasteiger charge is 2.19. The number of nitrogens with one attached hydrogen (secondary N) is 2. The molecule has 0 spiro atoms. The SMILES string of the molecule is COc1c(C(=O)NC(=S)NCc2ccc(-c3nc4ncccc4o3)cc2)cc2ccccc2c1Br. The summed E-state index contributed by atoms with van der Waals surface area (Å²) in [7, 11) is 1.53. The van der Waals surface area contributed by atoms with E-state index < -0.39 is 0 Å². The van der Waals surface area contributed by atoms with Crippen LogP contribution in [0.2, 0.25) is 0 Å². The van der Waals surface area contributed by atoms with Gasteiger partial charge in [-0.2, -0.15) is 4.98 Å². The quantitative estimate of drug-likeness (QED) is 0.276. The predicted molar refractivity (Wildman–Crippen MR) is 142 cm³/mol. The van der Waals surface area contributed by atoms with Crippen LogP contribution in [-0.4, -0.2) is 28.1 Å². The highest BCUT2D eigenvalue weighted by atomic mass is 79.9. The minimum absolute atomic E-state index is 0.218. The monoisotopic (exact) mass is 546 g/mol. The molecule has 35 heavy (non-hydrogen) atoms. The van der Waals surface area contributed by atoms with Crippen LogP contribution >= 0.6 is 28.1 Å². The number of hydrogen-bond acceptors (Lipinski definition) is 6. The van der Waals surface area contributed by atoms with Crippen molar-refractivity contribution in [3.8, 4) is 17.2 Å². The lowest BCUT2D eigenvalue weighted by molar-refractivity contribution is 0.0973. The molecule has 2 N–H and O–H groups in total. The zero-order chi connectivity index (χ0) is 24.4. The second-order valence-electron chi connectivity index (χ2n) is 7.67. The fourth-order valence-electron chi connectivity index (χ4n) is 3.71. The van der Waals surface area contributed by atoms with Crippen LogP contribution in [0.4, 0.5) is 0 Å². The maximum Gasteiger partial charge on any atom is 0.261 e. The van der Waals surface area contributed by atoms with E-state index in [0.29, 0.717) is 35.0 Å². The third-order valence-corrected chi connectivity index (χ3v) is 6.47. The molecule has 0 aliphatic heterocycles. The summed E-state index contributed by atoms with van der Waals surface area (Å²) in [6.45, 7) is 0.438. The molecule has 0 radical (unpaired) electrons. The molecule has 1 amide bonds. The fourth-order valence-corrected chi connectivity index (χ4v) is 4.61. The van der Waals surface area contributed by atoms with Crippen molar-refractivity contribution < 1.29 is 13.9 Å². The number of halogens is 1. The average Bonchev–Trinajstić information content (AvgIpc) is 3.32. The molecule has 9 heteroatoms. The lowest BCUT2D eigenvalue weighted by atomic mass is 10.1. The molecule has 2 heterocycles. The van der Waals surface area contributed by atoms with E-state index >= 15 is 0 Å². The molecular weight excluding hydrogens is 528 g/mol. The van der Waals surface area contributed by atoms with Crippen molar-refractivity contribution in [2.24, 2.45) is 0 Å². The summed E-state index contributed by atoms with van der Waals surface area (Å²) in [5, 5.41) is 7.89. The number of methoxy groups -OCH3 is 1. The number of benzene rings is 3. The topological polar surface area (TPSA) is 89.3 Å². The number of ether oxygens (including phenoxy) is 1. The number of carbonyl (C=O) groups is 1. The van der Waals surface area contributed by atoms with Gasteiger partial charge in [0.2, 0.25) is 5.89 Å². The summed E-state index contributed by atoms with van der Waals surface area (Å²) >= 11 is 8.90. The largest absolute Gasteiger partial charge is 0.495 e. The molecule has 0 aliphatic carbocycles. The average molecular weight is 547 g/mol. The third kappa shape index (κ3) is 4.73. The van der Waals surface area contributed by atoms with Gasteiger partial charge >= 0.3 is 0 Å². The van der Waals surface area contributed by atoms with Gasteiger partial charge in [-0.15, -0.1) is 0 Å². The Bertz CT molecular complexity index is 1530. The van der Waals surface area contributed by atoms with Crippen LogP contribution in [0.3, 0.4) is 0 Å². The molecule has 0 saturated carbocycles. The van der Waals surface area contributed by atoms with Gasteiger partial charge < -0.3 is 14.5 Å². The molecule has 0 fully saturated rings. The zero-order valence-electron chi connectivity index (χ0n) is 18.5. The molecule has 7 nitrogen and oxygen atoms in total. The van der Waals surface area contributed by atoms with Crippen LogP contribution < -0.4 is 15.4 Å². The fraction of sp³-hybridized carbons (Fsp3) is 0.0769. The lowest BCUT2D eigenvalue weighted by Crippen LogP contribution is -2.39. The molecule has 0 unspecified atom stereocenters.